The van der Waals surface area contributed by atoms with Crippen LogP contribution in [0.1, 0.15) is 37.0 Å². The van der Waals surface area contributed by atoms with E-state index < -0.39 is 11.6 Å². The summed E-state index contributed by atoms with van der Waals surface area (Å²) in [4.78, 5) is 23.2. The number of carbonyl (C=O) groups is 1. The average molecular weight is 276 g/mol. The lowest BCUT2D eigenvalue weighted by atomic mass is 9.89. The molecule has 1 aliphatic heterocycles. The zero-order chi connectivity index (χ0) is 14.1. The first-order valence-electron chi connectivity index (χ1n) is 6.78. The van der Waals surface area contributed by atoms with Crippen LogP contribution in [-0.2, 0) is 16.0 Å². The van der Waals surface area contributed by atoms with Gasteiger partial charge in [0.25, 0.3) is 0 Å². The molecule has 0 saturated heterocycles. The average Bonchev–Trinajstić information content (AvgIpc) is 2.45. The predicted octanol–water partition coefficient (Wildman–Crippen LogP) is 2.07. The van der Waals surface area contributed by atoms with Crippen LogP contribution in [0.4, 0.5) is 0 Å². The molecule has 106 valence electrons. The normalized spacial score (nSPS) is 20.2. The van der Waals surface area contributed by atoms with E-state index in [-0.39, 0.29) is 18.3 Å². The van der Waals surface area contributed by atoms with E-state index in [1.54, 1.807) is 6.07 Å². The number of carbonyl (C=O) groups excluding carboxylic acids is 1. The maximum Gasteiger partial charge on any atom is 0.347 e. The monoisotopic (exact) mass is 276 g/mol. The Labute approximate surface area is 116 Å². The number of rotatable bonds is 2. The van der Waals surface area contributed by atoms with Crippen molar-refractivity contribution in [1.29, 1.82) is 0 Å². The van der Waals surface area contributed by atoms with Gasteiger partial charge in [0.2, 0.25) is 0 Å². The van der Waals surface area contributed by atoms with E-state index in [0.29, 0.717) is 11.3 Å². The summed E-state index contributed by atoms with van der Waals surface area (Å²) in [6, 6.07) is 1.62. The van der Waals surface area contributed by atoms with E-state index in [1.807, 2.05) is 6.08 Å². The van der Waals surface area contributed by atoms with Gasteiger partial charge in [-0.2, -0.15) is 0 Å². The lowest BCUT2D eigenvalue weighted by molar-refractivity contribution is -0.140. The van der Waals surface area contributed by atoms with E-state index in [4.69, 9.17) is 9.15 Å². The summed E-state index contributed by atoms with van der Waals surface area (Å²) >= 11 is 0. The van der Waals surface area contributed by atoms with Crippen molar-refractivity contribution in [1.82, 2.24) is 0 Å². The molecule has 1 unspecified atom stereocenters. The number of methoxy groups -OCH3 is 1. The van der Waals surface area contributed by atoms with Crippen molar-refractivity contribution in [3.63, 3.8) is 0 Å². The van der Waals surface area contributed by atoms with Crippen molar-refractivity contribution in [3.8, 4) is 5.75 Å². The van der Waals surface area contributed by atoms with E-state index in [9.17, 15) is 9.59 Å². The molecule has 1 fully saturated rings. The Bertz CT molecular complexity index is 626. The number of hydrogen-bond donors (Lipinski definition) is 0. The van der Waals surface area contributed by atoms with Gasteiger partial charge in [-0.1, -0.05) is 0 Å². The number of ether oxygens (including phenoxy) is 2. The molecule has 1 atom stereocenters. The summed E-state index contributed by atoms with van der Waals surface area (Å²) in [6.07, 6.45) is 6.08. The highest BCUT2D eigenvalue weighted by molar-refractivity contribution is 5.72. The first-order valence-corrected chi connectivity index (χ1v) is 6.78. The highest BCUT2D eigenvalue weighted by Crippen LogP contribution is 2.35. The largest absolute Gasteiger partial charge is 0.485 e. The fraction of sp³-hybridized carbons (Fsp3) is 0.467. The van der Waals surface area contributed by atoms with E-state index in [0.717, 1.165) is 31.3 Å². The molecule has 20 heavy (non-hydrogen) atoms. The Morgan fingerprint density at radius 1 is 1.45 bits per heavy atom. The van der Waals surface area contributed by atoms with Crippen molar-refractivity contribution in [2.24, 2.45) is 0 Å². The van der Waals surface area contributed by atoms with Gasteiger partial charge < -0.3 is 13.9 Å². The molecule has 2 heterocycles. The van der Waals surface area contributed by atoms with Gasteiger partial charge in [0.05, 0.1) is 7.11 Å². The molecule has 3 rings (SSSR count). The Kier molecular flexibility index (Phi) is 3.34. The van der Waals surface area contributed by atoms with E-state index in [2.05, 4.69) is 4.74 Å². The second-order valence-corrected chi connectivity index (χ2v) is 5.10. The van der Waals surface area contributed by atoms with Gasteiger partial charge in [-0.15, -0.1) is 0 Å². The molecule has 0 aromatic carbocycles. The Hall–Kier alpha value is -2.04. The summed E-state index contributed by atoms with van der Waals surface area (Å²) in [5.41, 5.74) is 1.15. The molecular formula is C15H16O5. The summed E-state index contributed by atoms with van der Waals surface area (Å²) < 4.78 is 15.6. The van der Waals surface area contributed by atoms with Gasteiger partial charge in [-0.25, -0.2) is 4.79 Å². The topological polar surface area (TPSA) is 65.7 Å². The van der Waals surface area contributed by atoms with Gasteiger partial charge in [-0.3, -0.25) is 4.79 Å². The van der Waals surface area contributed by atoms with Gasteiger partial charge in [0.1, 0.15) is 29.6 Å². The van der Waals surface area contributed by atoms with Crippen molar-refractivity contribution in [3.05, 3.63) is 33.4 Å². The van der Waals surface area contributed by atoms with Crippen LogP contribution in [-0.4, -0.2) is 19.2 Å². The van der Waals surface area contributed by atoms with Crippen LogP contribution < -0.4 is 10.4 Å². The molecule has 1 aromatic heterocycles. The highest BCUT2D eigenvalue weighted by Gasteiger charge is 2.27. The Morgan fingerprint density at radius 2 is 2.30 bits per heavy atom. The minimum atomic E-state index is -0.460. The quantitative estimate of drug-likeness (QED) is 0.774. The summed E-state index contributed by atoms with van der Waals surface area (Å²) in [7, 11) is 1.30. The highest BCUT2D eigenvalue weighted by atomic mass is 16.5. The number of esters is 1. The lowest BCUT2D eigenvalue weighted by Gasteiger charge is -2.30. The van der Waals surface area contributed by atoms with Crippen molar-refractivity contribution >= 4 is 12.0 Å². The third-order valence-electron chi connectivity index (χ3n) is 3.74. The van der Waals surface area contributed by atoms with Crippen LogP contribution in [0.2, 0.25) is 0 Å². The van der Waals surface area contributed by atoms with Gasteiger partial charge >= 0.3 is 11.6 Å². The van der Waals surface area contributed by atoms with Gasteiger partial charge in [0, 0.05) is 6.07 Å². The maximum atomic E-state index is 12.0. The molecule has 1 aliphatic carbocycles. The van der Waals surface area contributed by atoms with Gasteiger partial charge in [0.15, 0.2) is 0 Å². The lowest BCUT2D eigenvalue weighted by Crippen LogP contribution is -2.27. The molecule has 5 nitrogen and oxygen atoms in total. The van der Waals surface area contributed by atoms with Crippen LogP contribution in [0, 0.1) is 0 Å². The summed E-state index contributed by atoms with van der Waals surface area (Å²) in [5, 5.41) is 0. The maximum absolute atomic E-state index is 12.0. The first kappa shape index (κ1) is 13.0. The Morgan fingerprint density at radius 3 is 3.10 bits per heavy atom. The molecule has 2 aliphatic rings. The zero-order valence-corrected chi connectivity index (χ0v) is 11.3. The van der Waals surface area contributed by atoms with Crippen LogP contribution in [0.3, 0.4) is 0 Å². The zero-order valence-electron chi connectivity index (χ0n) is 11.3. The second kappa shape index (κ2) is 5.15. The third-order valence-corrected chi connectivity index (χ3v) is 3.74. The minimum absolute atomic E-state index is 0.0593. The number of fused-ring (bicyclic) bond motifs is 2. The van der Waals surface area contributed by atoms with Crippen LogP contribution >= 0.6 is 0 Å². The molecule has 0 radical (unpaired) electrons. The minimum Gasteiger partial charge on any atom is -0.485 e. The molecule has 0 bridgehead atoms. The molecule has 0 amide bonds. The molecule has 0 spiro atoms. The SMILES string of the molecule is COC(=O)Cc1cc2c(c(=O)o1)C=C1CCCCC1O2. The third kappa shape index (κ3) is 2.35. The molecule has 0 N–H and O–H groups in total. The second-order valence-electron chi connectivity index (χ2n) is 5.10. The van der Waals surface area contributed by atoms with Crippen LogP contribution in [0.15, 0.2) is 20.9 Å². The Balaban J connectivity index is 1.96. The van der Waals surface area contributed by atoms with E-state index >= 15 is 0 Å². The molecular weight excluding hydrogens is 260 g/mol. The molecule has 1 aromatic rings. The van der Waals surface area contributed by atoms with Crippen LogP contribution in [0.5, 0.6) is 5.75 Å². The first-order chi connectivity index (χ1) is 9.67. The molecule has 5 heteroatoms. The predicted molar refractivity (Wildman–Crippen MR) is 71.6 cm³/mol. The fourth-order valence-corrected chi connectivity index (χ4v) is 2.70. The van der Waals surface area contributed by atoms with Crippen molar-refractivity contribution in [2.45, 2.75) is 38.2 Å². The summed E-state index contributed by atoms with van der Waals surface area (Å²) in [5.74, 6) is 0.335. The standard InChI is InChI=1S/C15H16O5/c1-18-14(16)8-10-7-13-11(15(17)19-10)6-9-4-2-3-5-12(9)20-13/h6-7,12H,2-5,8H2,1H3. The molecule has 1 saturated carbocycles. The smallest absolute Gasteiger partial charge is 0.347 e. The van der Waals surface area contributed by atoms with Crippen molar-refractivity contribution in [2.75, 3.05) is 7.11 Å². The fourth-order valence-electron chi connectivity index (χ4n) is 2.70. The van der Waals surface area contributed by atoms with E-state index in [1.165, 1.54) is 7.11 Å². The van der Waals surface area contributed by atoms with Crippen molar-refractivity contribution < 1.29 is 18.7 Å². The summed E-state index contributed by atoms with van der Waals surface area (Å²) in [6.45, 7) is 0. The van der Waals surface area contributed by atoms with Crippen LogP contribution in [0.25, 0.3) is 6.08 Å². The van der Waals surface area contributed by atoms with Gasteiger partial charge in [-0.05, 0) is 37.3 Å². The number of hydrogen-bond acceptors (Lipinski definition) is 5.